The quantitative estimate of drug-likeness (QED) is 0.478. The Labute approximate surface area is 117 Å². The van der Waals surface area contributed by atoms with Crippen molar-refractivity contribution in [1.29, 1.82) is 0 Å². The fourth-order valence-corrected chi connectivity index (χ4v) is 1.58. The van der Waals surface area contributed by atoms with E-state index in [1.54, 1.807) is 20.8 Å². The second kappa shape index (κ2) is 7.68. The smallest absolute Gasteiger partial charge is 0.326 e. The van der Waals surface area contributed by atoms with Gasteiger partial charge in [0.15, 0.2) is 0 Å². The molecular weight excluding hydrogens is 266 g/mol. The molecule has 5 N–H and O–H groups in total. The number of carbonyl (C=O) groups excluding carboxylic acids is 2. The van der Waals surface area contributed by atoms with E-state index in [2.05, 4.69) is 5.32 Å². The standard InChI is InChI=1S/C12H23N3O5/c1-4-15(7-12(2,3)20)11(19)14-8(10(17)18)5-6-9(13)16/h8,20H,4-7H2,1-3H3,(H2,13,16)(H,14,19)(H,17,18)/t8-/m0/s1. The largest absolute Gasteiger partial charge is 0.480 e. The van der Waals surface area contributed by atoms with Gasteiger partial charge in [-0.05, 0) is 27.2 Å². The number of urea groups is 1. The number of carboxylic acids is 1. The zero-order valence-corrected chi connectivity index (χ0v) is 12.0. The Morgan fingerprint density at radius 1 is 1.35 bits per heavy atom. The lowest BCUT2D eigenvalue weighted by Gasteiger charge is -2.29. The monoisotopic (exact) mass is 289 g/mol. The zero-order valence-electron chi connectivity index (χ0n) is 12.0. The van der Waals surface area contributed by atoms with Gasteiger partial charge in [0, 0.05) is 13.0 Å². The Hall–Kier alpha value is -1.83. The minimum Gasteiger partial charge on any atom is -0.480 e. The summed E-state index contributed by atoms with van der Waals surface area (Å²) in [5, 5.41) is 21.0. The minimum absolute atomic E-state index is 0.0670. The Bertz CT molecular complexity index is 365. The SMILES string of the molecule is CCN(CC(C)(C)O)C(=O)N[C@@H](CCC(N)=O)C(=O)O. The van der Waals surface area contributed by atoms with Crippen molar-refractivity contribution in [1.82, 2.24) is 10.2 Å². The number of nitrogens with one attached hydrogen (secondary N) is 1. The average Bonchev–Trinajstić information content (AvgIpc) is 2.29. The lowest BCUT2D eigenvalue weighted by Crippen LogP contribution is -2.51. The molecule has 0 aromatic heterocycles. The number of carbonyl (C=O) groups is 3. The summed E-state index contributed by atoms with van der Waals surface area (Å²) < 4.78 is 0. The van der Waals surface area contributed by atoms with Gasteiger partial charge < -0.3 is 26.2 Å². The van der Waals surface area contributed by atoms with Crippen LogP contribution in [0.4, 0.5) is 4.79 Å². The van der Waals surface area contributed by atoms with Crippen LogP contribution >= 0.6 is 0 Å². The third-order valence-electron chi connectivity index (χ3n) is 2.52. The van der Waals surface area contributed by atoms with Crippen LogP contribution in [0, 0.1) is 0 Å². The summed E-state index contributed by atoms with van der Waals surface area (Å²) in [5.41, 5.74) is 3.87. The summed E-state index contributed by atoms with van der Waals surface area (Å²) in [6.07, 6.45) is -0.203. The van der Waals surface area contributed by atoms with Crippen molar-refractivity contribution in [2.24, 2.45) is 5.73 Å². The van der Waals surface area contributed by atoms with Crippen LogP contribution in [0.3, 0.4) is 0 Å². The summed E-state index contributed by atoms with van der Waals surface area (Å²) in [6, 6.07) is -1.79. The van der Waals surface area contributed by atoms with Crippen molar-refractivity contribution < 1.29 is 24.6 Å². The normalized spacial score (nSPS) is 12.6. The number of likely N-dealkylation sites (N-methyl/N-ethyl adjacent to an activating group) is 1. The van der Waals surface area contributed by atoms with Crippen LogP contribution in [0.5, 0.6) is 0 Å². The maximum absolute atomic E-state index is 11.9. The van der Waals surface area contributed by atoms with E-state index in [1.165, 1.54) is 4.90 Å². The Kier molecular flexibility index (Phi) is 6.98. The molecule has 0 bridgehead atoms. The van der Waals surface area contributed by atoms with Crippen LogP contribution in [-0.2, 0) is 9.59 Å². The number of primary amides is 1. The predicted octanol–water partition coefficient (Wildman–Crippen LogP) is -0.492. The topological polar surface area (TPSA) is 133 Å². The highest BCUT2D eigenvalue weighted by Crippen LogP contribution is 2.06. The molecule has 0 aromatic carbocycles. The van der Waals surface area contributed by atoms with Crippen molar-refractivity contribution in [3.8, 4) is 0 Å². The Morgan fingerprint density at radius 2 is 1.90 bits per heavy atom. The average molecular weight is 289 g/mol. The second-order valence-corrected chi connectivity index (χ2v) is 5.17. The molecule has 0 aromatic rings. The van der Waals surface area contributed by atoms with Gasteiger partial charge in [0.2, 0.25) is 5.91 Å². The van der Waals surface area contributed by atoms with Gasteiger partial charge in [0.05, 0.1) is 12.1 Å². The van der Waals surface area contributed by atoms with Crippen LogP contribution in [0.15, 0.2) is 0 Å². The van der Waals surface area contributed by atoms with E-state index in [9.17, 15) is 19.5 Å². The van der Waals surface area contributed by atoms with E-state index in [4.69, 9.17) is 10.8 Å². The van der Waals surface area contributed by atoms with Crippen LogP contribution in [0.2, 0.25) is 0 Å². The molecule has 3 amide bonds. The third-order valence-corrected chi connectivity index (χ3v) is 2.52. The van der Waals surface area contributed by atoms with Crippen molar-refractivity contribution >= 4 is 17.9 Å². The van der Waals surface area contributed by atoms with Crippen LogP contribution < -0.4 is 11.1 Å². The number of rotatable bonds is 8. The molecule has 20 heavy (non-hydrogen) atoms. The number of hydrogen-bond donors (Lipinski definition) is 4. The second-order valence-electron chi connectivity index (χ2n) is 5.17. The highest BCUT2D eigenvalue weighted by molar-refractivity contribution is 5.83. The molecule has 0 spiro atoms. The predicted molar refractivity (Wildman–Crippen MR) is 71.9 cm³/mol. The first-order valence-corrected chi connectivity index (χ1v) is 6.35. The molecule has 8 nitrogen and oxygen atoms in total. The highest BCUT2D eigenvalue weighted by Gasteiger charge is 2.26. The van der Waals surface area contributed by atoms with Gasteiger partial charge in [0.25, 0.3) is 0 Å². The fourth-order valence-electron chi connectivity index (χ4n) is 1.58. The number of nitrogens with zero attached hydrogens (tertiary/aromatic N) is 1. The van der Waals surface area contributed by atoms with Gasteiger partial charge in [-0.3, -0.25) is 4.79 Å². The zero-order chi connectivity index (χ0) is 15.9. The third kappa shape index (κ3) is 7.57. The highest BCUT2D eigenvalue weighted by atomic mass is 16.4. The molecule has 0 radical (unpaired) electrons. The number of carboxylic acid groups (broad SMARTS) is 1. The summed E-state index contributed by atoms with van der Waals surface area (Å²) >= 11 is 0. The fraction of sp³-hybridized carbons (Fsp3) is 0.750. The maximum Gasteiger partial charge on any atom is 0.326 e. The van der Waals surface area contributed by atoms with Crippen molar-refractivity contribution in [3.05, 3.63) is 0 Å². The van der Waals surface area contributed by atoms with Gasteiger partial charge in [-0.15, -0.1) is 0 Å². The molecule has 0 saturated heterocycles. The number of aliphatic hydroxyl groups is 1. The van der Waals surface area contributed by atoms with Crippen molar-refractivity contribution in [3.63, 3.8) is 0 Å². The molecule has 0 heterocycles. The molecule has 116 valence electrons. The molecule has 0 rings (SSSR count). The summed E-state index contributed by atoms with van der Waals surface area (Å²) in [5.74, 6) is -1.87. The minimum atomic E-state index is -1.24. The van der Waals surface area contributed by atoms with Crippen LogP contribution in [0.25, 0.3) is 0 Å². The van der Waals surface area contributed by atoms with Crippen LogP contribution in [0.1, 0.15) is 33.6 Å². The van der Waals surface area contributed by atoms with Crippen molar-refractivity contribution in [2.45, 2.75) is 45.3 Å². The van der Waals surface area contributed by atoms with E-state index in [0.717, 1.165) is 0 Å². The molecule has 0 saturated carbocycles. The molecule has 1 atom stereocenters. The maximum atomic E-state index is 11.9. The van der Waals surface area contributed by atoms with Gasteiger partial charge in [-0.25, -0.2) is 9.59 Å². The van der Waals surface area contributed by atoms with Crippen LogP contribution in [-0.4, -0.2) is 57.8 Å². The molecule has 0 aliphatic rings. The number of hydrogen-bond acceptors (Lipinski definition) is 4. The molecule has 0 unspecified atom stereocenters. The van der Waals surface area contributed by atoms with E-state index in [1.807, 2.05) is 0 Å². The summed E-state index contributed by atoms with van der Waals surface area (Å²) in [6.45, 7) is 5.19. The van der Waals surface area contributed by atoms with Gasteiger partial charge in [-0.2, -0.15) is 0 Å². The Balaban J connectivity index is 4.64. The van der Waals surface area contributed by atoms with E-state index in [-0.39, 0.29) is 19.4 Å². The lowest BCUT2D eigenvalue weighted by atomic mass is 10.1. The summed E-state index contributed by atoms with van der Waals surface area (Å²) in [4.78, 5) is 34.9. The first-order valence-electron chi connectivity index (χ1n) is 6.35. The molecule has 8 heteroatoms. The van der Waals surface area contributed by atoms with Crippen molar-refractivity contribution in [2.75, 3.05) is 13.1 Å². The molecule has 0 aliphatic carbocycles. The lowest BCUT2D eigenvalue weighted by molar-refractivity contribution is -0.139. The van der Waals surface area contributed by atoms with E-state index >= 15 is 0 Å². The number of amides is 3. The van der Waals surface area contributed by atoms with E-state index in [0.29, 0.717) is 6.54 Å². The van der Waals surface area contributed by atoms with E-state index < -0.39 is 29.6 Å². The first-order chi connectivity index (χ1) is 9.06. The first kappa shape index (κ1) is 18.2. The van der Waals surface area contributed by atoms with Gasteiger partial charge in [0.1, 0.15) is 6.04 Å². The molecule has 0 fully saturated rings. The van der Waals surface area contributed by atoms with Gasteiger partial charge >= 0.3 is 12.0 Å². The Morgan fingerprint density at radius 3 is 2.25 bits per heavy atom. The number of nitrogens with two attached hydrogens (primary N) is 1. The van der Waals surface area contributed by atoms with Gasteiger partial charge in [-0.1, -0.05) is 0 Å². The summed E-state index contributed by atoms with van der Waals surface area (Å²) in [7, 11) is 0. The number of aliphatic carboxylic acids is 1. The molecular formula is C12H23N3O5. The molecule has 0 aliphatic heterocycles.